The molecule has 0 spiro atoms. The molecule has 1 aromatic heterocycles. The van der Waals surface area contributed by atoms with Crippen LogP contribution in [0.2, 0.25) is 5.02 Å². The molecule has 2 aromatic carbocycles. The van der Waals surface area contributed by atoms with Crippen molar-refractivity contribution in [1.82, 2.24) is 9.88 Å². The molecule has 1 atom stereocenters. The third-order valence-corrected chi connectivity index (χ3v) is 6.81. The molecular weight excluding hydrogens is 424 g/mol. The second kappa shape index (κ2) is 6.78. The predicted octanol–water partition coefficient (Wildman–Crippen LogP) is 3.89. The normalized spacial score (nSPS) is 20.5. The van der Waals surface area contributed by atoms with Crippen molar-refractivity contribution in [3.63, 3.8) is 0 Å². The fourth-order valence-corrected chi connectivity index (χ4v) is 5.35. The summed E-state index contributed by atoms with van der Waals surface area (Å²) in [7, 11) is 0. The molecule has 0 saturated carbocycles. The van der Waals surface area contributed by atoms with Gasteiger partial charge in [-0.3, -0.25) is 19.3 Å². The zero-order valence-corrected chi connectivity index (χ0v) is 17.6. The number of carbonyl (C=O) groups excluding carboxylic acids is 3. The first-order valence-corrected chi connectivity index (χ1v) is 10.7. The van der Waals surface area contributed by atoms with Gasteiger partial charge >= 0.3 is 0 Å². The van der Waals surface area contributed by atoms with Crippen molar-refractivity contribution in [2.24, 2.45) is 0 Å². The minimum Gasteiger partial charge on any atom is -0.306 e. The number of para-hydroxylation sites is 1. The van der Waals surface area contributed by atoms with Crippen molar-refractivity contribution in [3.8, 4) is 0 Å². The molecule has 9 heteroatoms. The van der Waals surface area contributed by atoms with Crippen LogP contribution in [0.5, 0.6) is 0 Å². The molecule has 0 aliphatic carbocycles. The highest BCUT2D eigenvalue weighted by Crippen LogP contribution is 2.43. The molecule has 152 valence electrons. The molecule has 1 saturated heterocycles. The summed E-state index contributed by atoms with van der Waals surface area (Å²) in [6.45, 7) is 1.66. The zero-order valence-electron chi connectivity index (χ0n) is 16.0. The van der Waals surface area contributed by atoms with Crippen LogP contribution in [-0.2, 0) is 9.59 Å². The molecule has 2 aliphatic heterocycles. The molecule has 1 unspecified atom stereocenters. The number of anilines is 2. The van der Waals surface area contributed by atoms with Gasteiger partial charge in [0.05, 0.1) is 21.5 Å². The Labute approximate surface area is 181 Å². The summed E-state index contributed by atoms with van der Waals surface area (Å²) >= 11 is 7.33. The van der Waals surface area contributed by atoms with Gasteiger partial charge in [0.1, 0.15) is 12.2 Å². The average molecular weight is 441 g/mol. The first-order valence-electron chi connectivity index (χ1n) is 9.47. The second-order valence-electron chi connectivity index (χ2n) is 7.53. The van der Waals surface area contributed by atoms with Gasteiger partial charge in [-0.05, 0) is 43.7 Å². The molecule has 30 heavy (non-hydrogen) atoms. The van der Waals surface area contributed by atoms with E-state index in [1.165, 1.54) is 16.2 Å². The quantitative estimate of drug-likeness (QED) is 0.669. The van der Waals surface area contributed by atoms with E-state index in [9.17, 15) is 14.4 Å². The largest absolute Gasteiger partial charge is 0.306 e. The fraction of sp³-hybridized carbons (Fsp3) is 0.238. The maximum atomic E-state index is 13.2. The highest BCUT2D eigenvalue weighted by molar-refractivity contribution is 7.22. The summed E-state index contributed by atoms with van der Waals surface area (Å²) in [5.41, 5.74) is 0.892. The van der Waals surface area contributed by atoms with Crippen molar-refractivity contribution in [1.29, 1.82) is 0 Å². The van der Waals surface area contributed by atoms with E-state index < -0.39 is 5.66 Å². The van der Waals surface area contributed by atoms with Gasteiger partial charge in [-0.1, -0.05) is 35.1 Å². The van der Waals surface area contributed by atoms with E-state index in [4.69, 9.17) is 11.6 Å². The summed E-state index contributed by atoms with van der Waals surface area (Å²) in [5, 5.41) is 3.81. The number of amides is 3. The number of benzene rings is 2. The number of fused-ring (bicyclic) bond motifs is 4. The van der Waals surface area contributed by atoms with E-state index in [0.29, 0.717) is 34.2 Å². The Hall–Kier alpha value is -2.97. The van der Waals surface area contributed by atoms with Crippen LogP contribution in [0.3, 0.4) is 0 Å². The summed E-state index contributed by atoms with van der Waals surface area (Å²) < 4.78 is 0.861. The number of nitrogens with zero attached hydrogens (tertiary/aromatic N) is 3. The monoisotopic (exact) mass is 440 g/mol. The lowest BCUT2D eigenvalue weighted by Gasteiger charge is -2.48. The second-order valence-corrected chi connectivity index (χ2v) is 9.00. The third kappa shape index (κ3) is 2.86. The minimum atomic E-state index is -0.874. The van der Waals surface area contributed by atoms with Crippen LogP contribution in [0.25, 0.3) is 10.2 Å². The highest BCUT2D eigenvalue weighted by Gasteiger charge is 2.53. The summed E-state index contributed by atoms with van der Waals surface area (Å²) in [5.74, 6) is -0.676. The first-order chi connectivity index (χ1) is 14.4. The average Bonchev–Trinajstić information content (AvgIpc) is 3.25. The van der Waals surface area contributed by atoms with Crippen LogP contribution in [0.15, 0.2) is 42.5 Å². The molecule has 7 nitrogen and oxygen atoms in total. The number of halogens is 1. The van der Waals surface area contributed by atoms with Crippen LogP contribution in [-0.4, -0.2) is 39.8 Å². The maximum absolute atomic E-state index is 13.2. The molecule has 1 N–H and O–H groups in total. The predicted molar refractivity (Wildman–Crippen MR) is 116 cm³/mol. The minimum absolute atomic E-state index is 0.0501. The Morgan fingerprint density at radius 1 is 1.27 bits per heavy atom. The topological polar surface area (TPSA) is 82.6 Å². The zero-order chi connectivity index (χ0) is 21.0. The lowest BCUT2D eigenvalue weighted by Crippen LogP contribution is -2.63. The van der Waals surface area contributed by atoms with Crippen molar-refractivity contribution < 1.29 is 14.4 Å². The van der Waals surface area contributed by atoms with E-state index in [1.54, 1.807) is 47.4 Å². The van der Waals surface area contributed by atoms with Crippen molar-refractivity contribution >= 4 is 61.7 Å². The van der Waals surface area contributed by atoms with Crippen molar-refractivity contribution in [2.45, 2.75) is 25.4 Å². The Bertz CT molecular complexity index is 1230. The Kier molecular flexibility index (Phi) is 4.30. The number of aromatic nitrogens is 1. The lowest BCUT2D eigenvalue weighted by molar-refractivity contribution is -0.120. The first kappa shape index (κ1) is 19.0. The molecule has 1 fully saturated rings. The van der Waals surface area contributed by atoms with Gasteiger partial charge in [0.15, 0.2) is 5.13 Å². The van der Waals surface area contributed by atoms with Crippen molar-refractivity contribution in [3.05, 3.63) is 53.1 Å². The van der Waals surface area contributed by atoms with E-state index in [-0.39, 0.29) is 24.3 Å². The highest BCUT2D eigenvalue weighted by atomic mass is 35.5. The Morgan fingerprint density at radius 3 is 2.90 bits per heavy atom. The molecule has 3 amide bonds. The van der Waals surface area contributed by atoms with E-state index in [2.05, 4.69) is 10.3 Å². The maximum Gasteiger partial charge on any atom is 0.258 e. The van der Waals surface area contributed by atoms with Crippen LogP contribution in [0.4, 0.5) is 10.8 Å². The number of hydrogen-bond acceptors (Lipinski definition) is 5. The summed E-state index contributed by atoms with van der Waals surface area (Å²) in [6.07, 6.45) is 0.799. The number of carbonyl (C=O) groups is 3. The number of hydrogen-bond donors (Lipinski definition) is 1. The van der Waals surface area contributed by atoms with Gasteiger partial charge in [0.2, 0.25) is 11.8 Å². The third-order valence-electron chi connectivity index (χ3n) is 5.64. The molecule has 5 rings (SSSR count). The van der Waals surface area contributed by atoms with Gasteiger partial charge in [-0.2, -0.15) is 0 Å². The van der Waals surface area contributed by atoms with E-state index >= 15 is 0 Å². The van der Waals surface area contributed by atoms with E-state index in [0.717, 1.165) is 10.2 Å². The standard InChI is InChI=1S/C21H17ClN4O3S/c1-21-9-8-18(28)26(21)15-5-3-2-4-13(15)19(29)25(21)11-17(27)24-20-23-14-7-6-12(22)10-16(14)30-20/h2-7,10H,8-9,11H2,1H3,(H,23,24,27). The van der Waals surface area contributed by atoms with Crippen LogP contribution in [0.1, 0.15) is 30.1 Å². The molecule has 0 bridgehead atoms. The van der Waals surface area contributed by atoms with Gasteiger partial charge in [0, 0.05) is 11.4 Å². The molecule has 3 aromatic rings. The SMILES string of the molecule is CC12CCC(=O)N1c1ccccc1C(=O)N2CC(=O)Nc1nc2ccc(Cl)cc2s1. The summed E-state index contributed by atoms with van der Waals surface area (Å²) in [4.78, 5) is 46.2. The molecule has 3 heterocycles. The lowest BCUT2D eigenvalue weighted by atomic mass is 9.98. The fourth-order valence-electron chi connectivity index (χ4n) is 4.20. The van der Waals surface area contributed by atoms with Crippen LogP contribution < -0.4 is 10.2 Å². The number of rotatable bonds is 3. The molecule has 2 aliphatic rings. The van der Waals surface area contributed by atoms with E-state index in [1.807, 2.05) is 6.92 Å². The van der Waals surface area contributed by atoms with Gasteiger partial charge < -0.3 is 10.2 Å². The van der Waals surface area contributed by atoms with Gasteiger partial charge in [-0.15, -0.1) is 0 Å². The molecule has 0 radical (unpaired) electrons. The van der Waals surface area contributed by atoms with Gasteiger partial charge in [0.25, 0.3) is 5.91 Å². The van der Waals surface area contributed by atoms with Crippen LogP contribution >= 0.6 is 22.9 Å². The number of thiazole rings is 1. The Balaban J connectivity index is 1.43. The molecular formula is C21H17ClN4O3S. The van der Waals surface area contributed by atoms with Crippen molar-refractivity contribution in [2.75, 3.05) is 16.8 Å². The Morgan fingerprint density at radius 2 is 2.07 bits per heavy atom. The number of nitrogens with one attached hydrogen (secondary N) is 1. The smallest absolute Gasteiger partial charge is 0.258 e. The van der Waals surface area contributed by atoms with Crippen LogP contribution in [0, 0.1) is 0 Å². The summed E-state index contributed by atoms with van der Waals surface area (Å²) in [6, 6.07) is 12.3. The van der Waals surface area contributed by atoms with Gasteiger partial charge in [-0.25, -0.2) is 4.98 Å².